The standard InChI is InChI=1S/C23H23F3N2O6S/c1-15-11-20(16(2)28(15)13-18-6-4-10-33-18)21(29)14-34-22(30)8-9-27-35(31,32)19-7-3-5-17(12-19)23(24,25)26/h3-7,10-12,27H,8-9,13-14H2,1-2H3. The van der Waals surface area contributed by atoms with Crippen LogP contribution in [0.2, 0.25) is 0 Å². The first kappa shape index (κ1) is 26.2. The molecule has 0 saturated carbocycles. The molecule has 0 unspecified atom stereocenters. The zero-order valence-corrected chi connectivity index (χ0v) is 19.7. The van der Waals surface area contributed by atoms with E-state index in [0.29, 0.717) is 29.6 Å². The van der Waals surface area contributed by atoms with Crippen LogP contribution in [-0.2, 0) is 32.3 Å². The molecule has 0 saturated heterocycles. The number of esters is 1. The Hall–Kier alpha value is -3.38. The van der Waals surface area contributed by atoms with Crippen molar-refractivity contribution in [2.75, 3.05) is 13.2 Å². The lowest BCUT2D eigenvalue weighted by molar-refractivity contribution is -0.142. The molecular weight excluding hydrogens is 489 g/mol. The van der Waals surface area contributed by atoms with E-state index in [0.717, 1.165) is 23.9 Å². The summed E-state index contributed by atoms with van der Waals surface area (Å²) in [5.74, 6) is -0.555. The summed E-state index contributed by atoms with van der Waals surface area (Å²) in [6.45, 7) is 3.07. The number of nitrogens with one attached hydrogen (secondary N) is 1. The summed E-state index contributed by atoms with van der Waals surface area (Å²) in [7, 11) is -4.28. The second-order valence-corrected chi connectivity index (χ2v) is 9.47. The van der Waals surface area contributed by atoms with Gasteiger partial charge in [-0.05, 0) is 50.2 Å². The largest absolute Gasteiger partial charge is 0.467 e. The molecule has 0 aliphatic rings. The molecule has 0 amide bonds. The fourth-order valence-electron chi connectivity index (χ4n) is 3.39. The van der Waals surface area contributed by atoms with Gasteiger partial charge in [0.15, 0.2) is 6.61 Å². The maximum Gasteiger partial charge on any atom is 0.416 e. The lowest BCUT2D eigenvalue weighted by atomic mass is 10.1. The van der Waals surface area contributed by atoms with E-state index in [4.69, 9.17) is 9.15 Å². The van der Waals surface area contributed by atoms with E-state index >= 15 is 0 Å². The Morgan fingerprint density at radius 1 is 1.11 bits per heavy atom. The average Bonchev–Trinajstić information content (AvgIpc) is 3.41. The second kappa shape index (κ2) is 10.5. The van der Waals surface area contributed by atoms with Crippen molar-refractivity contribution in [1.82, 2.24) is 9.29 Å². The fourth-order valence-corrected chi connectivity index (χ4v) is 4.47. The maximum absolute atomic E-state index is 12.8. The van der Waals surface area contributed by atoms with Gasteiger partial charge < -0.3 is 13.7 Å². The van der Waals surface area contributed by atoms with Crippen LogP contribution in [0.25, 0.3) is 0 Å². The monoisotopic (exact) mass is 512 g/mol. The van der Waals surface area contributed by atoms with E-state index in [1.807, 2.05) is 17.6 Å². The third-order valence-electron chi connectivity index (χ3n) is 5.23. The number of nitrogens with zero attached hydrogens (tertiary/aromatic N) is 1. The number of aromatic nitrogens is 1. The number of sulfonamides is 1. The molecule has 35 heavy (non-hydrogen) atoms. The molecule has 0 radical (unpaired) electrons. The molecular formula is C23H23F3N2O6S. The Bertz CT molecular complexity index is 1310. The van der Waals surface area contributed by atoms with Gasteiger partial charge in [0, 0.05) is 23.5 Å². The zero-order valence-electron chi connectivity index (χ0n) is 18.9. The van der Waals surface area contributed by atoms with Crippen molar-refractivity contribution < 1.29 is 40.3 Å². The third-order valence-corrected chi connectivity index (χ3v) is 6.68. The van der Waals surface area contributed by atoms with E-state index in [2.05, 4.69) is 4.72 Å². The molecule has 3 rings (SSSR count). The minimum atomic E-state index is -4.70. The van der Waals surface area contributed by atoms with Gasteiger partial charge in [-0.3, -0.25) is 9.59 Å². The Morgan fingerprint density at radius 3 is 2.51 bits per heavy atom. The van der Waals surface area contributed by atoms with Gasteiger partial charge in [0.25, 0.3) is 0 Å². The zero-order chi connectivity index (χ0) is 25.8. The molecule has 0 spiro atoms. The quantitative estimate of drug-likeness (QED) is 0.327. The first-order chi connectivity index (χ1) is 16.4. The van der Waals surface area contributed by atoms with Crippen LogP contribution >= 0.6 is 0 Å². The highest BCUT2D eigenvalue weighted by Gasteiger charge is 2.31. The highest BCUT2D eigenvalue weighted by molar-refractivity contribution is 7.89. The number of ether oxygens (including phenoxy) is 1. The van der Waals surface area contributed by atoms with E-state index in [1.54, 1.807) is 25.3 Å². The summed E-state index contributed by atoms with van der Waals surface area (Å²) in [6, 6.07) is 8.49. The molecule has 8 nitrogen and oxygen atoms in total. The predicted octanol–water partition coefficient (Wildman–Crippen LogP) is 3.86. The number of carbonyl (C=O) groups is 2. The van der Waals surface area contributed by atoms with Gasteiger partial charge in [0.1, 0.15) is 5.76 Å². The number of hydrogen-bond donors (Lipinski definition) is 1. The lowest BCUT2D eigenvalue weighted by Crippen LogP contribution is -2.27. The minimum absolute atomic E-state index is 0.382. The van der Waals surface area contributed by atoms with Gasteiger partial charge in [-0.25, -0.2) is 13.1 Å². The molecule has 0 bridgehead atoms. The molecule has 2 aromatic heterocycles. The minimum Gasteiger partial charge on any atom is -0.467 e. The van der Waals surface area contributed by atoms with Crippen LogP contribution in [0.4, 0.5) is 13.2 Å². The first-order valence-electron chi connectivity index (χ1n) is 10.4. The molecule has 0 aliphatic carbocycles. The number of furan rings is 1. The molecule has 2 heterocycles. The lowest BCUT2D eigenvalue weighted by Gasteiger charge is -2.10. The molecule has 1 aromatic carbocycles. The summed E-state index contributed by atoms with van der Waals surface area (Å²) >= 11 is 0. The smallest absolute Gasteiger partial charge is 0.416 e. The number of Topliss-reactive ketones (excluding diaryl/α,β-unsaturated/α-hetero) is 1. The number of rotatable bonds is 10. The van der Waals surface area contributed by atoms with Crippen LogP contribution < -0.4 is 4.72 Å². The number of benzene rings is 1. The van der Waals surface area contributed by atoms with Gasteiger partial charge in [-0.15, -0.1) is 0 Å². The number of carbonyl (C=O) groups excluding carboxylic acids is 2. The third kappa shape index (κ3) is 6.61. The number of aryl methyl sites for hydroxylation is 1. The molecule has 3 aromatic rings. The molecule has 0 aliphatic heterocycles. The fraction of sp³-hybridized carbons (Fsp3) is 0.304. The van der Waals surface area contributed by atoms with E-state index in [-0.39, 0.29) is 0 Å². The SMILES string of the molecule is Cc1cc(C(=O)COC(=O)CCNS(=O)(=O)c2cccc(C(F)(F)F)c2)c(C)n1Cc1ccco1. The Balaban J connectivity index is 1.52. The number of ketones is 1. The van der Waals surface area contributed by atoms with E-state index in [9.17, 15) is 31.2 Å². The van der Waals surface area contributed by atoms with Crippen LogP contribution in [0.1, 0.15) is 39.5 Å². The highest BCUT2D eigenvalue weighted by Crippen LogP contribution is 2.30. The molecule has 1 N–H and O–H groups in total. The first-order valence-corrected chi connectivity index (χ1v) is 11.9. The van der Waals surface area contributed by atoms with Crippen LogP contribution in [0.5, 0.6) is 0 Å². The topological polar surface area (TPSA) is 108 Å². The van der Waals surface area contributed by atoms with Crippen LogP contribution in [0, 0.1) is 13.8 Å². The van der Waals surface area contributed by atoms with Crippen molar-refractivity contribution in [1.29, 1.82) is 0 Å². The molecule has 188 valence electrons. The van der Waals surface area contributed by atoms with Crippen LogP contribution in [0.15, 0.2) is 58.0 Å². The number of halogens is 3. The van der Waals surface area contributed by atoms with Gasteiger partial charge in [0.2, 0.25) is 15.8 Å². The Labute approximate surface area is 199 Å². The van der Waals surface area contributed by atoms with Gasteiger partial charge in [-0.2, -0.15) is 13.2 Å². The predicted molar refractivity (Wildman–Crippen MR) is 118 cm³/mol. The summed E-state index contributed by atoms with van der Waals surface area (Å²) in [5.41, 5.74) is 0.764. The van der Waals surface area contributed by atoms with Gasteiger partial charge in [-0.1, -0.05) is 6.07 Å². The normalized spacial score (nSPS) is 12.0. The van der Waals surface area contributed by atoms with Crippen LogP contribution in [-0.4, -0.2) is 37.9 Å². The number of alkyl halides is 3. The van der Waals surface area contributed by atoms with Crippen molar-refractivity contribution in [3.05, 3.63) is 77.0 Å². The van der Waals surface area contributed by atoms with Crippen molar-refractivity contribution in [3.63, 3.8) is 0 Å². The van der Waals surface area contributed by atoms with Crippen molar-refractivity contribution >= 4 is 21.8 Å². The average molecular weight is 513 g/mol. The van der Waals surface area contributed by atoms with E-state index < -0.39 is 58.0 Å². The van der Waals surface area contributed by atoms with Crippen molar-refractivity contribution in [2.45, 2.75) is 37.9 Å². The van der Waals surface area contributed by atoms with Gasteiger partial charge >= 0.3 is 12.1 Å². The van der Waals surface area contributed by atoms with Crippen molar-refractivity contribution in [3.8, 4) is 0 Å². The van der Waals surface area contributed by atoms with Gasteiger partial charge in [0.05, 0.1) is 29.7 Å². The van der Waals surface area contributed by atoms with Crippen molar-refractivity contribution in [2.24, 2.45) is 0 Å². The second-order valence-electron chi connectivity index (χ2n) is 7.71. The molecule has 0 atom stereocenters. The summed E-state index contributed by atoms with van der Waals surface area (Å²) in [5, 5.41) is 0. The number of hydrogen-bond acceptors (Lipinski definition) is 6. The summed E-state index contributed by atoms with van der Waals surface area (Å²) in [4.78, 5) is 23.9. The Morgan fingerprint density at radius 2 is 1.86 bits per heavy atom. The highest BCUT2D eigenvalue weighted by atomic mass is 32.2. The molecule has 12 heteroatoms. The maximum atomic E-state index is 12.8. The van der Waals surface area contributed by atoms with E-state index in [1.165, 1.54) is 0 Å². The molecule has 0 fully saturated rings. The summed E-state index contributed by atoms with van der Waals surface area (Å²) in [6.07, 6.45) is -3.56. The Kier molecular flexibility index (Phi) is 7.86. The summed E-state index contributed by atoms with van der Waals surface area (Å²) < 4.78 is 77.1. The van der Waals surface area contributed by atoms with Crippen LogP contribution in [0.3, 0.4) is 0 Å².